The number of aliphatic hydroxyl groups is 1. The highest BCUT2D eigenvalue weighted by molar-refractivity contribution is 5.82. The highest BCUT2D eigenvalue weighted by Crippen LogP contribution is 2.36. The average molecular weight is 268 g/mol. The topological polar surface area (TPSA) is 61.4 Å². The number of carbonyl (C=O) groups excluding carboxylic acids is 1. The lowest BCUT2D eigenvalue weighted by Crippen LogP contribution is -2.52. The van der Waals surface area contributed by atoms with Gasteiger partial charge < -0.3 is 15.7 Å². The molecule has 1 heterocycles. The summed E-state index contributed by atoms with van der Waals surface area (Å²) < 4.78 is 0. The van der Waals surface area contributed by atoms with Gasteiger partial charge in [0.2, 0.25) is 5.91 Å². The molecular formula is C15H28N2O2. The number of nitrogens with one attached hydrogen (secondary N) is 2. The fraction of sp³-hybridized carbons (Fsp3) is 0.933. The zero-order chi connectivity index (χ0) is 13.9. The van der Waals surface area contributed by atoms with Crippen LogP contribution in [-0.4, -0.2) is 36.8 Å². The number of amides is 1. The Labute approximate surface area is 116 Å². The SMILES string of the molecule is CC1(C(=O)NCC2(C)CCCCC2O)CCCNC1. The standard InChI is InChI=1S/C15H28N2O2/c1-14(7-4-3-6-12(14)18)11-17-13(19)15(2)8-5-9-16-10-15/h12,16,18H,3-11H2,1-2H3,(H,17,19). The second-order valence-electron chi connectivity index (χ2n) is 6.94. The Morgan fingerprint density at radius 3 is 2.74 bits per heavy atom. The summed E-state index contributed by atoms with van der Waals surface area (Å²) in [6.07, 6.45) is 5.86. The first-order valence-corrected chi connectivity index (χ1v) is 7.63. The Balaban J connectivity index is 1.88. The van der Waals surface area contributed by atoms with Crippen LogP contribution in [0.25, 0.3) is 0 Å². The molecule has 1 aliphatic carbocycles. The largest absolute Gasteiger partial charge is 0.392 e. The first-order valence-electron chi connectivity index (χ1n) is 7.63. The molecule has 0 spiro atoms. The first kappa shape index (κ1) is 14.8. The van der Waals surface area contributed by atoms with Crippen LogP contribution in [0.3, 0.4) is 0 Å². The minimum atomic E-state index is -0.284. The predicted octanol–water partition coefficient (Wildman–Crippen LogP) is 1.43. The van der Waals surface area contributed by atoms with Gasteiger partial charge in [-0.05, 0) is 39.2 Å². The molecule has 0 radical (unpaired) electrons. The first-order chi connectivity index (χ1) is 8.96. The molecule has 0 aromatic heterocycles. The second kappa shape index (κ2) is 5.80. The molecular weight excluding hydrogens is 240 g/mol. The van der Waals surface area contributed by atoms with Gasteiger partial charge in [-0.1, -0.05) is 19.8 Å². The van der Waals surface area contributed by atoms with Crippen LogP contribution in [-0.2, 0) is 4.79 Å². The Hall–Kier alpha value is -0.610. The van der Waals surface area contributed by atoms with Crippen LogP contribution in [0.2, 0.25) is 0 Å². The van der Waals surface area contributed by atoms with Crippen molar-refractivity contribution in [2.24, 2.45) is 10.8 Å². The van der Waals surface area contributed by atoms with Crippen LogP contribution in [0.15, 0.2) is 0 Å². The van der Waals surface area contributed by atoms with Gasteiger partial charge in [-0.3, -0.25) is 4.79 Å². The molecule has 1 saturated heterocycles. The molecule has 19 heavy (non-hydrogen) atoms. The molecule has 4 heteroatoms. The van der Waals surface area contributed by atoms with Gasteiger partial charge >= 0.3 is 0 Å². The number of rotatable bonds is 3. The number of aliphatic hydroxyl groups excluding tert-OH is 1. The highest BCUT2D eigenvalue weighted by atomic mass is 16.3. The van der Waals surface area contributed by atoms with Crippen molar-refractivity contribution in [3.05, 3.63) is 0 Å². The van der Waals surface area contributed by atoms with E-state index in [1.54, 1.807) is 0 Å². The maximum Gasteiger partial charge on any atom is 0.227 e. The van der Waals surface area contributed by atoms with Crippen LogP contribution in [0.5, 0.6) is 0 Å². The summed E-state index contributed by atoms with van der Waals surface area (Å²) in [7, 11) is 0. The molecule has 0 aromatic rings. The third-order valence-electron chi connectivity index (χ3n) is 5.08. The fourth-order valence-corrected chi connectivity index (χ4v) is 3.33. The second-order valence-corrected chi connectivity index (χ2v) is 6.94. The average Bonchev–Trinajstić information content (AvgIpc) is 2.41. The number of carbonyl (C=O) groups is 1. The summed E-state index contributed by atoms with van der Waals surface area (Å²) in [5.74, 6) is 0.138. The van der Waals surface area contributed by atoms with E-state index in [0.717, 1.165) is 51.6 Å². The van der Waals surface area contributed by atoms with Gasteiger partial charge in [-0.25, -0.2) is 0 Å². The van der Waals surface area contributed by atoms with E-state index < -0.39 is 0 Å². The highest BCUT2D eigenvalue weighted by Gasteiger charge is 2.39. The lowest BCUT2D eigenvalue weighted by Gasteiger charge is -2.40. The van der Waals surface area contributed by atoms with Crippen molar-refractivity contribution in [2.75, 3.05) is 19.6 Å². The van der Waals surface area contributed by atoms with Crippen molar-refractivity contribution < 1.29 is 9.90 Å². The van der Waals surface area contributed by atoms with Crippen LogP contribution >= 0.6 is 0 Å². The van der Waals surface area contributed by atoms with Gasteiger partial charge in [-0.15, -0.1) is 0 Å². The van der Waals surface area contributed by atoms with E-state index in [4.69, 9.17) is 0 Å². The quantitative estimate of drug-likeness (QED) is 0.726. The van der Waals surface area contributed by atoms with Crippen molar-refractivity contribution in [2.45, 2.75) is 58.5 Å². The fourth-order valence-electron chi connectivity index (χ4n) is 3.33. The predicted molar refractivity (Wildman–Crippen MR) is 75.8 cm³/mol. The van der Waals surface area contributed by atoms with Crippen molar-refractivity contribution in [1.29, 1.82) is 0 Å². The molecule has 1 amide bonds. The minimum absolute atomic E-state index is 0.138. The van der Waals surface area contributed by atoms with E-state index in [2.05, 4.69) is 17.6 Å². The lowest BCUT2D eigenvalue weighted by molar-refractivity contribution is -0.132. The minimum Gasteiger partial charge on any atom is -0.392 e. The van der Waals surface area contributed by atoms with Crippen molar-refractivity contribution in [3.63, 3.8) is 0 Å². The molecule has 3 N–H and O–H groups in total. The smallest absolute Gasteiger partial charge is 0.227 e. The number of hydrogen-bond donors (Lipinski definition) is 3. The molecule has 2 fully saturated rings. The van der Waals surface area contributed by atoms with Gasteiger partial charge in [-0.2, -0.15) is 0 Å². The third-order valence-corrected chi connectivity index (χ3v) is 5.08. The summed E-state index contributed by atoms with van der Waals surface area (Å²) in [6.45, 7) is 6.51. The van der Waals surface area contributed by atoms with E-state index in [0.29, 0.717) is 6.54 Å². The summed E-state index contributed by atoms with van der Waals surface area (Å²) >= 11 is 0. The van der Waals surface area contributed by atoms with Crippen molar-refractivity contribution in [1.82, 2.24) is 10.6 Å². The summed E-state index contributed by atoms with van der Waals surface area (Å²) in [6, 6.07) is 0. The maximum absolute atomic E-state index is 12.4. The molecule has 2 rings (SSSR count). The zero-order valence-corrected chi connectivity index (χ0v) is 12.3. The Bertz CT molecular complexity index is 326. The number of hydrogen-bond acceptors (Lipinski definition) is 3. The normalized spacial score (nSPS) is 39.8. The lowest BCUT2D eigenvalue weighted by atomic mass is 9.73. The summed E-state index contributed by atoms with van der Waals surface area (Å²) in [4.78, 5) is 12.4. The Morgan fingerprint density at radius 1 is 1.32 bits per heavy atom. The van der Waals surface area contributed by atoms with Gasteiger partial charge in [0.25, 0.3) is 0 Å². The molecule has 110 valence electrons. The van der Waals surface area contributed by atoms with Crippen LogP contribution in [0, 0.1) is 10.8 Å². The van der Waals surface area contributed by atoms with Gasteiger partial charge in [0.15, 0.2) is 0 Å². The van der Waals surface area contributed by atoms with Gasteiger partial charge in [0.05, 0.1) is 11.5 Å². The summed E-state index contributed by atoms with van der Waals surface area (Å²) in [5.41, 5.74) is -0.430. The van der Waals surface area contributed by atoms with E-state index >= 15 is 0 Å². The van der Waals surface area contributed by atoms with Gasteiger partial charge in [0.1, 0.15) is 0 Å². The van der Waals surface area contributed by atoms with Crippen molar-refractivity contribution in [3.8, 4) is 0 Å². The molecule has 1 aliphatic heterocycles. The van der Waals surface area contributed by atoms with E-state index in [-0.39, 0.29) is 22.8 Å². The molecule has 0 aromatic carbocycles. The van der Waals surface area contributed by atoms with Crippen LogP contribution in [0.1, 0.15) is 52.4 Å². The maximum atomic E-state index is 12.4. The van der Waals surface area contributed by atoms with E-state index in [1.165, 1.54) is 0 Å². The van der Waals surface area contributed by atoms with Crippen molar-refractivity contribution >= 4 is 5.91 Å². The molecule has 1 saturated carbocycles. The third kappa shape index (κ3) is 3.29. The van der Waals surface area contributed by atoms with Crippen LogP contribution in [0.4, 0.5) is 0 Å². The molecule has 3 unspecified atom stereocenters. The van der Waals surface area contributed by atoms with E-state index in [9.17, 15) is 9.90 Å². The van der Waals surface area contributed by atoms with E-state index in [1.807, 2.05) is 6.92 Å². The van der Waals surface area contributed by atoms with Crippen LogP contribution < -0.4 is 10.6 Å². The monoisotopic (exact) mass is 268 g/mol. The Morgan fingerprint density at radius 2 is 2.11 bits per heavy atom. The molecule has 0 bridgehead atoms. The molecule has 4 nitrogen and oxygen atoms in total. The molecule has 3 atom stereocenters. The van der Waals surface area contributed by atoms with Gasteiger partial charge in [0, 0.05) is 18.5 Å². The molecule has 2 aliphatic rings. The zero-order valence-electron chi connectivity index (χ0n) is 12.3. The number of piperidine rings is 1. The Kier molecular flexibility index (Phi) is 4.51. The summed E-state index contributed by atoms with van der Waals surface area (Å²) in [5, 5.41) is 16.5.